The van der Waals surface area contributed by atoms with Crippen LogP contribution in [0.4, 0.5) is 0 Å². The molecular weight excluding hydrogens is 236 g/mol. The largest absolute Gasteiger partial charge is 0.462 e. The van der Waals surface area contributed by atoms with E-state index in [1.54, 1.807) is 0 Å². The van der Waals surface area contributed by atoms with Crippen LogP contribution in [0.3, 0.4) is 0 Å². The molecule has 2 heteroatoms. The van der Waals surface area contributed by atoms with Gasteiger partial charge >= 0.3 is 5.97 Å². The predicted octanol–water partition coefficient (Wildman–Crippen LogP) is 4.69. The minimum Gasteiger partial charge on any atom is -0.462 e. The number of carbonyl (C=O) groups excluding carboxylic acids is 1. The molecule has 0 saturated heterocycles. The molecule has 0 aliphatic rings. The maximum atomic E-state index is 12.0. The third kappa shape index (κ3) is 5.91. The van der Waals surface area contributed by atoms with Crippen LogP contribution < -0.4 is 0 Å². The van der Waals surface area contributed by atoms with Crippen molar-refractivity contribution in [1.29, 1.82) is 0 Å². The van der Waals surface area contributed by atoms with Gasteiger partial charge in [0.2, 0.25) is 0 Å². The summed E-state index contributed by atoms with van der Waals surface area (Å²) >= 11 is 0. The standard InChI is InChI=1S/C17H26O2/c1-4-5-6-8-11-14(2)19-17(18)15(3)16-12-9-7-10-13-16/h7,9-10,12-15H,4-6,8,11H2,1-3H3/t14-,15+/m0/s1. The first-order valence-electron chi connectivity index (χ1n) is 7.40. The number of benzene rings is 1. The van der Waals surface area contributed by atoms with E-state index in [9.17, 15) is 4.79 Å². The number of carbonyl (C=O) groups is 1. The summed E-state index contributed by atoms with van der Waals surface area (Å²) in [6, 6.07) is 9.80. The molecular formula is C17H26O2. The molecule has 2 atom stereocenters. The Balaban J connectivity index is 2.33. The zero-order valence-electron chi connectivity index (χ0n) is 12.4. The van der Waals surface area contributed by atoms with E-state index in [0.717, 1.165) is 18.4 Å². The van der Waals surface area contributed by atoms with E-state index in [0.29, 0.717) is 0 Å². The van der Waals surface area contributed by atoms with Gasteiger partial charge in [0.1, 0.15) is 0 Å². The fourth-order valence-electron chi connectivity index (χ4n) is 2.10. The van der Waals surface area contributed by atoms with Gasteiger partial charge < -0.3 is 4.74 Å². The van der Waals surface area contributed by atoms with Crippen molar-refractivity contribution in [2.45, 2.75) is 64.9 Å². The quantitative estimate of drug-likeness (QED) is 0.501. The van der Waals surface area contributed by atoms with Crippen molar-refractivity contribution in [3.8, 4) is 0 Å². The highest BCUT2D eigenvalue weighted by Crippen LogP contribution is 2.18. The van der Waals surface area contributed by atoms with Gasteiger partial charge in [0, 0.05) is 0 Å². The average molecular weight is 262 g/mol. The van der Waals surface area contributed by atoms with Gasteiger partial charge in [0.05, 0.1) is 12.0 Å². The molecule has 2 nitrogen and oxygen atoms in total. The van der Waals surface area contributed by atoms with Crippen molar-refractivity contribution in [2.24, 2.45) is 0 Å². The van der Waals surface area contributed by atoms with Crippen LogP contribution in [0.15, 0.2) is 30.3 Å². The zero-order valence-corrected chi connectivity index (χ0v) is 12.4. The number of esters is 1. The lowest BCUT2D eigenvalue weighted by Crippen LogP contribution is -2.19. The number of hydrogen-bond acceptors (Lipinski definition) is 2. The Morgan fingerprint density at radius 3 is 2.42 bits per heavy atom. The number of rotatable bonds is 8. The number of ether oxygens (including phenoxy) is 1. The molecule has 1 rings (SSSR count). The molecule has 0 spiro atoms. The Morgan fingerprint density at radius 1 is 1.11 bits per heavy atom. The van der Waals surface area contributed by atoms with Gasteiger partial charge in [-0.25, -0.2) is 0 Å². The molecule has 0 unspecified atom stereocenters. The van der Waals surface area contributed by atoms with Crippen LogP contribution in [0.25, 0.3) is 0 Å². The Labute approximate surface area is 117 Å². The van der Waals surface area contributed by atoms with E-state index in [1.807, 2.05) is 44.2 Å². The van der Waals surface area contributed by atoms with E-state index in [1.165, 1.54) is 19.3 Å². The summed E-state index contributed by atoms with van der Waals surface area (Å²) in [6.45, 7) is 6.09. The SMILES string of the molecule is CCCCCC[C@H](C)OC(=O)[C@H](C)c1ccccc1. The highest BCUT2D eigenvalue weighted by atomic mass is 16.5. The fraction of sp³-hybridized carbons (Fsp3) is 0.588. The van der Waals surface area contributed by atoms with E-state index in [2.05, 4.69) is 6.92 Å². The highest BCUT2D eigenvalue weighted by molar-refractivity contribution is 5.77. The van der Waals surface area contributed by atoms with Crippen LogP contribution in [0.5, 0.6) is 0 Å². The van der Waals surface area contributed by atoms with Gasteiger partial charge in [-0.2, -0.15) is 0 Å². The van der Waals surface area contributed by atoms with E-state index >= 15 is 0 Å². The van der Waals surface area contributed by atoms with Crippen LogP contribution in [-0.4, -0.2) is 12.1 Å². The number of hydrogen-bond donors (Lipinski definition) is 0. The van der Waals surface area contributed by atoms with E-state index in [4.69, 9.17) is 4.74 Å². The highest BCUT2D eigenvalue weighted by Gasteiger charge is 2.18. The van der Waals surface area contributed by atoms with Gasteiger partial charge in [-0.15, -0.1) is 0 Å². The summed E-state index contributed by atoms with van der Waals surface area (Å²) in [5, 5.41) is 0. The summed E-state index contributed by atoms with van der Waals surface area (Å²) < 4.78 is 5.51. The third-order valence-corrected chi connectivity index (χ3v) is 3.43. The average Bonchev–Trinajstić information content (AvgIpc) is 2.43. The Bertz CT molecular complexity index is 359. The normalized spacial score (nSPS) is 13.8. The van der Waals surface area contributed by atoms with E-state index in [-0.39, 0.29) is 18.0 Å². The Hall–Kier alpha value is -1.31. The molecule has 0 radical (unpaired) electrons. The molecule has 0 fully saturated rings. The summed E-state index contributed by atoms with van der Waals surface area (Å²) in [5.74, 6) is -0.298. The van der Waals surface area contributed by atoms with Crippen LogP contribution >= 0.6 is 0 Å². The first kappa shape index (κ1) is 15.7. The molecule has 0 aromatic heterocycles. The molecule has 0 amide bonds. The van der Waals surface area contributed by atoms with Crippen LogP contribution in [0, 0.1) is 0 Å². The minimum atomic E-state index is -0.181. The maximum Gasteiger partial charge on any atom is 0.313 e. The summed E-state index contributed by atoms with van der Waals surface area (Å²) in [6.07, 6.45) is 5.86. The van der Waals surface area contributed by atoms with Crippen LogP contribution in [0.2, 0.25) is 0 Å². The maximum absolute atomic E-state index is 12.0. The van der Waals surface area contributed by atoms with Crippen molar-refractivity contribution in [2.75, 3.05) is 0 Å². The predicted molar refractivity (Wildman–Crippen MR) is 79.2 cm³/mol. The summed E-state index contributed by atoms with van der Waals surface area (Å²) in [4.78, 5) is 12.0. The molecule has 106 valence electrons. The Kier molecular flexibility index (Phi) is 7.24. The fourth-order valence-corrected chi connectivity index (χ4v) is 2.10. The minimum absolute atomic E-state index is 0.0236. The third-order valence-electron chi connectivity index (χ3n) is 3.43. The topological polar surface area (TPSA) is 26.3 Å². The second-order valence-corrected chi connectivity index (χ2v) is 5.23. The molecule has 19 heavy (non-hydrogen) atoms. The Morgan fingerprint density at radius 2 is 1.79 bits per heavy atom. The number of unbranched alkanes of at least 4 members (excludes halogenated alkanes) is 3. The van der Waals surface area contributed by atoms with Crippen LogP contribution in [-0.2, 0) is 9.53 Å². The second kappa shape index (κ2) is 8.73. The molecule has 1 aromatic rings. The molecule has 0 aliphatic carbocycles. The van der Waals surface area contributed by atoms with Crippen molar-refractivity contribution in [3.05, 3.63) is 35.9 Å². The van der Waals surface area contributed by atoms with E-state index < -0.39 is 0 Å². The monoisotopic (exact) mass is 262 g/mol. The lowest BCUT2D eigenvalue weighted by Gasteiger charge is -2.17. The molecule has 0 aliphatic heterocycles. The van der Waals surface area contributed by atoms with Crippen molar-refractivity contribution in [1.82, 2.24) is 0 Å². The lowest BCUT2D eigenvalue weighted by molar-refractivity contribution is -0.150. The van der Waals surface area contributed by atoms with Crippen molar-refractivity contribution >= 4 is 5.97 Å². The van der Waals surface area contributed by atoms with Gasteiger partial charge in [0.25, 0.3) is 0 Å². The van der Waals surface area contributed by atoms with Crippen molar-refractivity contribution in [3.63, 3.8) is 0 Å². The second-order valence-electron chi connectivity index (χ2n) is 5.23. The lowest BCUT2D eigenvalue weighted by atomic mass is 10.0. The van der Waals surface area contributed by atoms with Gasteiger partial charge in [-0.1, -0.05) is 56.5 Å². The van der Waals surface area contributed by atoms with Gasteiger partial charge in [0.15, 0.2) is 0 Å². The molecule has 0 saturated carbocycles. The first-order valence-corrected chi connectivity index (χ1v) is 7.40. The van der Waals surface area contributed by atoms with Gasteiger partial charge in [-0.3, -0.25) is 4.79 Å². The summed E-state index contributed by atoms with van der Waals surface area (Å²) in [7, 11) is 0. The van der Waals surface area contributed by atoms with Crippen LogP contribution in [0.1, 0.15) is 64.4 Å². The summed E-state index contributed by atoms with van der Waals surface area (Å²) in [5.41, 5.74) is 1.02. The van der Waals surface area contributed by atoms with Gasteiger partial charge in [-0.05, 0) is 32.3 Å². The van der Waals surface area contributed by atoms with Crippen molar-refractivity contribution < 1.29 is 9.53 Å². The smallest absolute Gasteiger partial charge is 0.313 e. The molecule has 1 aromatic carbocycles. The molecule has 0 N–H and O–H groups in total. The first-order chi connectivity index (χ1) is 9.15. The molecule has 0 heterocycles. The zero-order chi connectivity index (χ0) is 14.1. The molecule has 0 bridgehead atoms.